The van der Waals surface area contributed by atoms with Crippen LogP contribution in [0.5, 0.6) is 0 Å². The highest BCUT2D eigenvalue weighted by molar-refractivity contribution is 5.93. The van der Waals surface area contributed by atoms with Crippen LogP contribution in [0.15, 0.2) is 41.3 Å². The van der Waals surface area contributed by atoms with E-state index < -0.39 is 0 Å². The number of unbranched alkanes of at least 4 members (excludes halogenated alkanes) is 1. The molecular formula is C22H28N4O2. The molecule has 4 heterocycles. The Morgan fingerprint density at radius 3 is 2.96 bits per heavy atom. The monoisotopic (exact) mass is 380 g/mol. The molecule has 2 aromatic rings. The molecule has 0 spiro atoms. The Hall–Kier alpha value is -2.47. The SMILES string of the molecule is CCCCN(Cc1ccccn1)C(=O)c1ccc2n(c1=O)C[C@@H]1CNC[C@H]2C1. The van der Waals surface area contributed by atoms with Gasteiger partial charge in [-0.3, -0.25) is 14.6 Å². The van der Waals surface area contributed by atoms with E-state index >= 15 is 0 Å². The summed E-state index contributed by atoms with van der Waals surface area (Å²) in [6.07, 6.45) is 4.76. The third kappa shape index (κ3) is 3.74. The highest BCUT2D eigenvalue weighted by Crippen LogP contribution is 2.31. The van der Waals surface area contributed by atoms with Gasteiger partial charge in [0, 0.05) is 37.4 Å². The van der Waals surface area contributed by atoms with Crippen LogP contribution < -0.4 is 10.9 Å². The maximum absolute atomic E-state index is 13.3. The number of pyridine rings is 2. The van der Waals surface area contributed by atoms with Crippen LogP contribution >= 0.6 is 0 Å². The topological polar surface area (TPSA) is 67.2 Å². The zero-order chi connectivity index (χ0) is 19.5. The molecule has 2 bridgehead atoms. The van der Waals surface area contributed by atoms with E-state index in [2.05, 4.69) is 17.2 Å². The second-order valence-electron chi connectivity index (χ2n) is 7.95. The van der Waals surface area contributed by atoms with Crippen LogP contribution in [0.1, 0.15) is 53.8 Å². The maximum atomic E-state index is 13.3. The van der Waals surface area contributed by atoms with E-state index in [1.54, 1.807) is 17.2 Å². The molecule has 6 nitrogen and oxygen atoms in total. The molecule has 28 heavy (non-hydrogen) atoms. The average Bonchev–Trinajstić information content (AvgIpc) is 2.72. The second kappa shape index (κ2) is 8.27. The first kappa shape index (κ1) is 18.9. The van der Waals surface area contributed by atoms with Gasteiger partial charge in [-0.25, -0.2) is 0 Å². The van der Waals surface area contributed by atoms with E-state index in [4.69, 9.17) is 0 Å². The van der Waals surface area contributed by atoms with Crippen LogP contribution in [0.3, 0.4) is 0 Å². The minimum atomic E-state index is -0.187. The largest absolute Gasteiger partial charge is 0.333 e. The summed E-state index contributed by atoms with van der Waals surface area (Å²) in [5.74, 6) is 0.654. The lowest BCUT2D eigenvalue weighted by molar-refractivity contribution is 0.0735. The van der Waals surface area contributed by atoms with Crippen molar-refractivity contribution in [3.63, 3.8) is 0 Å². The Kier molecular flexibility index (Phi) is 5.57. The Balaban J connectivity index is 1.63. The maximum Gasteiger partial charge on any atom is 0.263 e. The molecule has 148 valence electrons. The Bertz CT molecular complexity index is 893. The molecule has 2 atom stereocenters. The van der Waals surface area contributed by atoms with Crippen LogP contribution in [0, 0.1) is 5.92 Å². The van der Waals surface area contributed by atoms with Gasteiger partial charge >= 0.3 is 0 Å². The number of carbonyl (C=O) groups is 1. The molecule has 0 radical (unpaired) electrons. The fourth-order valence-electron chi connectivity index (χ4n) is 4.41. The van der Waals surface area contributed by atoms with Crippen molar-refractivity contribution in [2.45, 2.75) is 45.2 Å². The van der Waals surface area contributed by atoms with Gasteiger partial charge in [-0.1, -0.05) is 19.4 Å². The van der Waals surface area contributed by atoms with E-state index in [1.165, 1.54) is 0 Å². The molecule has 6 heteroatoms. The number of aromatic nitrogens is 2. The van der Waals surface area contributed by atoms with Crippen molar-refractivity contribution >= 4 is 5.91 Å². The number of amides is 1. The number of nitrogens with zero attached hydrogens (tertiary/aromatic N) is 3. The normalized spacial score (nSPS) is 20.5. The fraction of sp³-hybridized carbons (Fsp3) is 0.500. The van der Waals surface area contributed by atoms with Gasteiger partial charge in [0.1, 0.15) is 5.56 Å². The summed E-state index contributed by atoms with van der Waals surface area (Å²) < 4.78 is 1.85. The summed E-state index contributed by atoms with van der Waals surface area (Å²) in [5.41, 5.74) is 2.05. The molecular weight excluding hydrogens is 352 g/mol. The molecule has 0 aliphatic carbocycles. The van der Waals surface area contributed by atoms with Crippen molar-refractivity contribution in [3.05, 3.63) is 63.8 Å². The van der Waals surface area contributed by atoms with Crippen LogP contribution in [0.4, 0.5) is 0 Å². The number of nitrogens with one attached hydrogen (secondary N) is 1. The predicted molar refractivity (Wildman–Crippen MR) is 108 cm³/mol. The molecule has 2 aromatic heterocycles. The standard InChI is InChI=1S/C22H28N4O2/c1-2-3-10-25(15-18-6-4-5-9-24-18)21(27)19-7-8-20-17-11-16(12-23-13-17)14-26(20)22(19)28/h4-9,16-17,23H,2-3,10-15H2,1H3/t16-,17+/m0/s1. The first-order chi connectivity index (χ1) is 13.7. The third-order valence-electron chi connectivity index (χ3n) is 5.89. The quantitative estimate of drug-likeness (QED) is 0.836. The molecule has 2 aliphatic rings. The lowest BCUT2D eigenvalue weighted by Crippen LogP contribution is -2.46. The summed E-state index contributed by atoms with van der Waals surface area (Å²) in [5, 5.41) is 3.46. The van der Waals surface area contributed by atoms with E-state index in [0.717, 1.165) is 43.7 Å². The van der Waals surface area contributed by atoms with Gasteiger partial charge in [-0.05, 0) is 49.6 Å². The van der Waals surface area contributed by atoms with Gasteiger partial charge in [-0.2, -0.15) is 0 Å². The first-order valence-corrected chi connectivity index (χ1v) is 10.3. The number of piperidine rings is 1. The smallest absolute Gasteiger partial charge is 0.263 e. The molecule has 1 amide bonds. The first-order valence-electron chi connectivity index (χ1n) is 10.3. The summed E-state index contributed by atoms with van der Waals surface area (Å²) in [6, 6.07) is 9.43. The lowest BCUT2D eigenvalue weighted by atomic mass is 9.84. The van der Waals surface area contributed by atoms with Crippen molar-refractivity contribution in [2.24, 2.45) is 5.92 Å². The van der Waals surface area contributed by atoms with E-state index in [-0.39, 0.29) is 17.0 Å². The van der Waals surface area contributed by atoms with E-state index in [0.29, 0.717) is 31.5 Å². The zero-order valence-corrected chi connectivity index (χ0v) is 16.4. The van der Waals surface area contributed by atoms with Gasteiger partial charge in [0.15, 0.2) is 0 Å². The molecule has 0 saturated carbocycles. The van der Waals surface area contributed by atoms with Crippen molar-refractivity contribution in [2.75, 3.05) is 19.6 Å². The predicted octanol–water partition coefficient (Wildman–Crippen LogP) is 2.39. The minimum Gasteiger partial charge on any atom is -0.333 e. The van der Waals surface area contributed by atoms with Crippen LogP contribution in [0.2, 0.25) is 0 Å². The summed E-state index contributed by atoms with van der Waals surface area (Å²) in [7, 11) is 0. The molecule has 0 aromatic carbocycles. The number of fused-ring (bicyclic) bond motifs is 4. The van der Waals surface area contributed by atoms with Gasteiger partial charge in [-0.15, -0.1) is 0 Å². The van der Waals surface area contributed by atoms with Gasteiger partial charge in [0.2, 0.25) is 0 Å². The van der Waals surface area contributed by atoms with Gasteiger partial charge in [0.05, 0.1) is 12.2 Å². The van der Waals surface area contributed by atoms with Gasteiger partial charge < -0.3 is 14.8 Å². The fourth-order valence-corrected chi connectivity index (χ4v) is 4.41. The highest BCUT2D eigenvalue weighted by atomic mass is 16.2. The number of rotatable bonds is 6. The Morgan fingerprint density at radius 2 is 2.18 bits per heavy atom. The highest BCUT2D eigenvalue weighted by Gasteiger charge is 2.32. The molecule has 2 aliphatic heterocycles. The Labute approximate surface area is 165 Å². The van der Waals surface area contributed by atoms with Gasteiger partial charge in [0.25, 0.3) is 11.5 Å². The van der Waals surface area contributed by atoms with E-state index in [9.17, 15) is 9.59 Å². The van der Waals surface area contributed by atoms with Crippen LogP contribution in [0.25, 0.3) is 0 Å². The van der Waals surface area contributed by atoms with Crippen molar-refractivity contribution in [1.82, 2.24) is 19.8 Å². The molecule has 1 saturated heterocycles. The molecule has 4 rings (SSSR count). The van der Waals surface area contributed by atoms with Crippen molar-refractivity contribution in [1.29, 1.82) is 0 Å². The molecule has 0 unspecified atom stereocenters. The summed E-state index contributed by atoms with van der Waals surface area (Å²) >= 11 is 0. The third-order valence-corrected chi connectivity index (χ3v) is 5.89. The minimum absolute atomic E-state index is 0.137. The lowest BCUT2D eigenvalue weighted by Gasteiger charge is -2.37. The molecule has 1 N–H and O–H groups in total. The number of hydrogen-bond acceptors (Lipinski definition) is 4. The second-order valence-corrected chi connectivity index (χ2v) is 7.95. The zero-order valence-electron chi connectivity index (χ0n) is 16.4. The number of hydrogen-bond donors (Lipinski definition) is 1. The van der Waals surface area contributed by atoms with Crippen LogP contribution in [-0.4, -0.2) is 40.0 Å². The number of carbonyl (C=O) groups excluding carboxylic acids is 1. The van der Waals surface area contributed by atoms with Crippen molar-refractivity contribution in [3.8, 4) is 0 Å². The Morgan fingerprint density at radius 1 is 1.29 bits per heavy atom. The van der Waals surface area contributed by atoms with Crippen molar-refractivity contribution < 1.29 is 4.79 Å². The average molecular weight is 380 g/mol. The summed E-state index contributed by atoms with van der Waals surface area (Å²) in [6.45, 7) is 5.71. The summed E-state index contributed by atoms with van der Waals surface area (Å²) in [4.78, 5) is 32.6. The van der Waals surface area contributed by atoms with E-state index in [1.807, 2.05) is 28.8 Å². The molecule has 1 fully saturated rings. The van der Waals surface area contributed by atoms with Crippen LogP contribution in [-0.2, 0) is 13.1 Å².